The van der Waals surface area contributed by atoms with E-state index in [-0.39, 0.29) is 22.9 Å². The summed E-state index contributed by atoms with van der Waals surface area (Å²) in [6.45, 7) is -0.0142. The van der Waals surface area contributed by atoms with Crippen LogP contribution in [0.4, 0.5) is 13.2 Å². The summed E-state index contributed by atoms with van der Waals surface area (Å²) in [5, 5.41) is 4.16. The third-order valence-corrected chi connectivity index (χ3v) is 4.59. The summed E-state index contributed by atoms with van der Waals surface area (Å²) in [4.78, 5) is 16.9. The van der Waals surface area contributed by atoms with Crippen molar-refractivity contribution in [2.45, 2.75) is 12.8 Å². The lowest BCUT2D eigenvalue weighted by Gasteiger charge is -2.15. The topological polar surface area (TPSA) is 47.9 Å². The number of hydrogen-bond donors (Lipinski definition) is 0. The number of halogens is 4. The smallest absolute Gasteiger partial charge is 0.417 e. The molecule has 0 aliphatic heterocycles. The Morgan fingerprint density at radius 1 is 0.968 bits per heavy atom. The molecule has 3 rings (SSSR count). The van der Waals surface area contributed by atoms with E-state index in [9.17, 15) is 18.0 Å². The third-order valence-electron chi connectivity index (χ3n) is 4.35. The summed E-state index contributed by atoms with van der Waals surface area (Å²) < 4.78 is 45.4. The number of carbonyl (C=O) groups excluding carboxylic acids is 1. The maximum atomic E-state index is 13.6. The highest BCUT2D eigenvalue weighted by Gasteiger charge is 2.35. The van der Waals surface area contributed by atoms with E-state index in [1.54, 1.807) is 54.6 Å². The average molecular weight is 448 g/mol. The van der Waals surface area contributed by atoms with Crippen LogP contribution in [0.15, 0.2) is 78.0 Å². The van der Waals surface area contributed by atoms with Gasteiger partial charge in [-0.05, 0) is 35.9 Å². The molecular weight excluding hydrogens is 431 g/mol. The van der Waals surface area contributed by atoms with E-state index in [2.05, 4.69) is 9.89 Å². The Bertz CT molecular complexity index is 1080. The number of oxime groups is 1. The van der Waals surface area contributed by atoms with E-state index in [1.165, 1.54) is 19.2 Å². The van der Waals surface area contributed by atoms with E-state index in [1.807, 2.05) is 0 Å². The van der Waals surface area contributed by atoms with Crippen molar-refractivity contribution in [1.29, 1.82) is 0 Å². The molecule has 0 radical (unpaired) electrons. The second-order valence-corrected chi connectivity index (χ2v) is 6.89. The van der Waals surface area contributed by atoms with Crippen LogP contribution < -0.4 is 0 Å². The van der Waals surface area contributed by atoms with Gasteiger partial charge < -0.3 is 9.57 Å². The number of nitrogens with zero attached hydrogens (tertiary/aromatic N) is 1. The Labute approximate surface area is 181 Å². The summed E-state index contributed by atoms with van der Waals surface area (Å²) in [5.41, 5.74) is 0.426. The fourth-order valence-electron chi connectivity index (χ4n) is 2.84. The van der Waals surface area contributed by atoms with Crippen molar-refractivity contribution in [2.75, 3.05) is 7.11 Å². The quantitative estimate of drug-likeness (QED) is 0.260. The molecule has 0 saturated carbocycles. The minimum absolute atomic E-state index is 0.00149. The molecule has 31 heavy (non-hydrogen) atoms. The van der Waals surface area contributed by atoms with Crippen LogP contribution in [0.25, 0.3) is 0 Å². The summed E-state index contributed by atoms with van der Waals surface area (Å²) in [6.07, 6.45) is -4.60. The molecule has 0 bridgehead atoms. The molecule has 0 heterocycles. The number of methoxy groups -OCH3 is 1. The molecule has 0 aliphatic carbocycles. The van der Waals surface area contributed by atoms with Crippen LogP contribution in [-0.4, -0.2) is 18.8 Å². The Balaban J connectivity index is 1.94. The SMILES string of the molecule is COC(=O)c1ccc(CO/N=C(\c2ccccc2)c2cc(Cl)ccc2C(F)(F)F)cc1. The molecule has 0 N–H and O–H groups in total. The second-order valence-electron chi connectivity index (χ2n) is 6.46. The highest BCUT2D eigenvalue weighted by atomic mass is 35.5. The number of hydrogen-bond acceptors (Lipinski definition) is 4. The van der Waals surface area contributed by atoms with Crippen LogP contribution in [0.3, 0.4) is 0 Å². The fraction of sp³-hybridized carbons (Fsp3) is 0.130. The number of rotatable bonds is 6. The van der Waals surface area contributed by atoms with Crippen molar-refractivity contribution in [2.24, 2.45) is 5.16 Å². The van der Waals surface area contributed by atoms with Crippen LogP contribution in [0.5, 0.6) is 0 Å². The van der Waals surface area contributed by atoms with Crippen molar-refractivity contribution in [3.8, 4) is 0 Å². The molecule has 0 amide bonds. The maximum absolute atomic E-state index is 13.6. The molecule has 0 fully saturated rings. The fourth-order valence-corrected chi connectivity index (χ4v) is 3.01. The lowest BCUT2D eigenvalue weighted by molar-refractivity contribution is -0.137. The first-order valence-corrected chi connectivity index (χ1v) is 9.47. The highest BCUT2D eigenvalue weighted by Crippen LogP contribution is 2.34. The minimum Gasteiger partial charge on any atom is -0.465 e. The zero-order valence-electron chi connectivity index (χ0n) is 16.3. The predicted octanol–water partition coefficient (Wildman–Crippen LogP) is 6.11. The minimum atomic E-state index is -4.60. The van der Waals surface area contributed by atoms with Gasteiger partial charge >= 0.3 is 12.1 Å². The van der Waals surface area contributed by atoms with Gasteiger partial charge in [0.25, 0.3) is 0 Å². The molecule has 0 saturated heterocycles. The maximum Gasteiger partial charge on any atom is 0.417 e. The number of benzene rings is 3. The molecule has 160 valence electrons. The van der Waals surface area contributed by atoms with Crippen LogP contribution in [0.2, 0.25) is 5.02 Å². The Hall–Kier alpha value is -3.32. The van der Waals surface area contributed by atoms with Gasteiger partial charge in [0.1, 0.15) is 12.3 Å². The van der Waals surface area contributed by atoms with Crippen LogP contribution in [0.1, 0.15) is 32.6 Å². The standard InChI is InChI=1S/C23H17ClF3NO3/c1-30-22(29)17-9-7-15(8-10-17)14-31-28-21(16-5-3-2-4-6-16)19-13-18(24)11-12-20(19)23(25,26)27/h2-13H,14H2,1H3/b28-21+. The van der Waals surface area contributed by atoms with E-state index < -0.39 is 17.7 Å². The first kappa shape index (κ1) is 22.4. The normalized spacial score (nSPS) is 11.8. The zero-order chi connectivity index (χ0) is 22.4. The molecule has 0 unspecified atom stereocenters. The molecule has 4 nitrogen and oxygen atoms in total. The summed E-state index contributed by atoms with van der Waals surface area (Å²) >= 11 is 5.98. The van der Waals surface area contributed by atoms with Crippen molar-refractivity contribution in [3.05, 3.63) is 106 Å². The van der Waals surface area contributed by atoms with Crippen molar-refractivity contribution in [3.63, 3.8) is 0 Å². The van der Waals surface area contributed by atoms with Gasteiger partial charge in [-0.2, -0.15) is 13.2 Å². The van der Waals surface area contributed by atoms with Gasteiger partial charge in [-0.3, -0.25) is 0 Å². The molecule has 3 aromatic rings. The highest BCUT2D eigenvalue weighted by molar-refractivity contribution is 6.31. The van der Waals surface area contributed by atoms with Crippen LogP contribution in [-0.2, 0) is 22.4 Å². The Morgan fingerprint density at radius 3 is 2.26 bits per heavy atom. The number of ether oxygens (including phenoxy) is 1. The largest absolute Gasteiger partial charge is 0.465 e. The van der Waals surface area contributed by atoms with Gasteiger partial charge in [0.15, 0.2) is 0 Å². The summed E-state index contributed by atoms with van der Waals surface area (Å²) in [7, 11) is 1.28. The van der Waals surface area contributed by atoms with Gasteiger partial charge in [0.2, 0.25) is 0 Å². The average Bonchev–Trinajstić information content (AvgIpc) is 2.76. The number of alkyl halides is 3. The molecule has 0 spiro atoms. The molecule has 0 atom stereocenters. The Morgan fingerprint density at radius 2 is 1.65 bits per heavy atom. The number of esters is 1. The molecule has 0 aromatic heterocycles. The van der Waals surface area contributed by atoms with Gasteiger partial charge in [0, 0.05) is 16.1 Å². The lowest BCUT2D eigenvalue weighted by atomic mass is 9.97. The molecule has 3 aromatic carbocycles. The van der Waals surface area contributed by atoms with Crippen molar-refractivity contribution < 1.29 is 27.5 Å². The van der Waals surface area contributed by atoms with Gasteiger partial charge in [0.05, 0.1) is 18.2 Å². The first-order chi connectivity index (χ1) is 14.8. The van der Waals surface area contributed by atoms with E-state index >= 15 is 0 Å². The molecular formula is C23H17ClF3NO3. The van der Waals surface area contributed by atoms with Crippen molar-refractivity contribution >= 4 is 23.3 Å². The molecule has 8 heteroatoms. The predicted molar refractivity (Wildman–Crippen MR) is 111 cm³/mol. The van der Waals surface area contributed by atoms with Gasteiger partial charge in [-0.1, -0.05) is 59.2 Å². The summed E-state index contributed by atoms with van der Waals surface area (Å²) in [6, 6.07) is 18.1. The third kappa shape index (κ3) is 5.64. The van der Waals surface area contributed by atoms with E-state index in [0.29, 0.717) is 16.7 Å². The van der Waals surface area contributed by atoms with Gasteiger partial charge in [-0.15, -0.1) is 0 Å². The molecule has 0 aliphatic rings. The van der Waals surface area contributed by atoms with Gasteiger partial charge in [-0.25, -0.2) is 4.79 Å². The number of carbonyl (C=O) groups is 1. The van der Waals surface area contributed by atoms with Crippen molar-refractivity contribution in [1.82, 2.24) is 0 Å². The zero-order valence-corrected chi connectivity index (χ0v) is 17.1. The monoisotopic (exact) mass is 447 g/mol. The Kier molecular flexibility index (Phi) is 6.97. The first-order valence-electron chi connectivity index (χ1n) is 9.09. The van der Waals surface area contributed by atoms with E-state index in [4.69, 9.17) is 16.4 Å². The van der Waals surface area contributed by atoms with Crippen LogP contribution >= 0.6 is 11.6 Å². The van der Waals surface area contributed by atoms with Crippen LogP contribution in [0, 0.1) is 0 Å². The lowest BCUT2D eigenvalue weighted by Crippen LogP contribution is -2.15. The van der Waals surface area contributed by atoms with E-state index in [0.717, 1.165) is 6.07 Å². The second kappa shape index (κ2) is 9.66. The summed E-state index contributed by atoms with van der Waals surface area (Å²) in [5.74, 6) is -0.475.